The molecule has 0 unspecified atom stereocenters. The standard InChI is InChI=1S/C20H21ClN2O6/c1-12(29-16-7-4-14(21)5-8-16)20(26)28-11-19(25)23-17-10-15(22-13(2)24)6-9-18(17)27-3/h4-10,12H,11H2,1-3H3,(H,22,24)(H,23,25)/t12-/m1/s1. The average molecular weight is 421 g/mol. The molecule has 8 nitrogen and oxygen atoms in total. The fourth-order valence-electron chi connectivity index (χ4n) is 2.29. The van der Waals surface area contributed by atoms with Crippen molar-refractivity contribution in [2.24, 2.45) is 0 Å². The average Bonchev–Trinajstić information content (AvgIpc) is 2.67. The van der Waals surface area contributed by atoms with Gasteiger partial charge in [-0.1, -0.05) is 11.6 Å². The number of hydrogen-bond donors (Lipinski definition) is 2. The van der Waals surface area contributed by atoms with E-state index in [-0.39, 0.29) is 5.91 Å². The molecule has 0 saturated heterocycles. The second kappa shape index (κ2) is 10.3. The molecule has 9 heteroatoms. The van der Waals surface area contributed by atoms with Crippen LogP contribution in [0.2, 0.25) is 5.02 Å². The number of amides is 2. The highest BCUT2D eigenvalue weighted by molar-refractivity contribution is 6.30. The molecule has 2 rings (SSSR count). The van der Waals surface area contributed by atoms with E-state index in [1.54, 1.807) is 36.4 Å². The monoisotopic (exact) mass is 420 g/mol. The number of ether oxygens (including phenoxy) is 3. The Morgan fingerprint density at radius 3 is 2.38 bits per heavy atom. The summed E-state index contributed by atoms with van der Waals surface area (Å²) in [4.78, 5) is 35.4. The van der Waals surface area contributed by atoms with E-state index in [1.165, 1.54) is 27.0 Å². The molecule has 0 aliphatic carbocycles. The highest BCUT2D eigenvalue weighted by atomic mass is 35.5. The zero-order valence-corrected chi connectivity index (χ0v) is 16.9. The third-order valence-electron chi connectivity index (χ3n) is 3.60. The van der Waals surface area contributed by atoms with Gasteiger partial charge in [0.25, 0.3) is 5.91 Å². The number of nitrogens with one attached hydrogen (secondary N) is 2. The molecule has 29 heavy (non-hydrogen) atoms. The van der Waals surface area contributed by atoms with E-state index in [0.717, 1.165) is 0 Å². The van der Waals surface area contributed by atoms with E-state index in [0.29, 0.717) is 27.9 Å². The van der Waals surface area contributed by atoms with Crippen LogP contribution in [0.3, 0.4) is 0 Å². The second-order valence-electron chi connectivity index (χ2n) is 5.97. The first-order valence-corrected chi connectivity index (χ1v) is 9.00. The summed E-state index contributed by atoms with van der Waals surface area (Å²) >= 11 is 5.80. The summed E-state index contributed by atoms with van der Waals surface area (Å²) in [6, 6.07) is 11.3. The third kappa shape index (κ3) is 7.00. The smallest absolute Gasteiger partial charge is 0.347 e. The van der Waals surface area contributed by atoms with Crippen LogP contribution in [0.15, 0.2) is 42.5 Å². The van der Waals surface area contributed by atoms with Crippen molar-refractivity contribution < 1.29 is 28.6 Å². The van der Waals surface area contributed by atoms with Crippen molar-refractivity contribution in [1.82, 2.24) is 0 Å². The van der Waals surface area contributed by atoms with Crippen molar-refractivity contribution in [3.8, 4) is 11.5 Å². The Bertz CT molecular complexity index is 885. The molecule has 154 valence electrons. The zero-order chi connectivity index (χ0) is 21.4. The maximum Gasteiger partial charge on any atom is 0.347 e. The van der Waals surface area contributed by atoms with Crippen molar-refractivity contribution >= 4 is 40.8 Å². The maximum atomic E-state index is 12.2. The summed E-state index contributed by atoms with van der Waals surface area (Å²) in [5, 5.41) is 5.73. The van der Waals surface area contributed by atoms with E-state index in [9.17, 15) is 14.4 Å². The van der Waals surface area contributed by atoms with Crippen LogP contribution in [0.1, 0.15) is 13.8 Å². The minimum atomic E-state index is -0.915. The Hall–Kier alpha value is -3.26. The van der Waals surface area contributed by atoms with Gasteiger partial charge in [-0.25, -0.2) is 4.79 Å². The van der Waals surface area contributed by atoms with Crippen molar-refractivity contribution in [3.63, 3.8) is 0 Å². The lowest BCUT2D eigenvalue weighted by Gasteiger charge is -2.15. The van der Waals surface area contributed by atoms with Crippen LogP contribution < -0.4 is 20.1 Å². The van der Waals surface area contributed by atoms with Crippen LogP contribution in [0, 0.1) is 0 Å². The van der Waals surface area contributed by atoms with Gasteiger partial charge in [-0.3, -0.25) is 9.59 Å². The minimum Gasteiger partial charge on any atom is -0.495 e. The Morgan fingerprint density at radius 2 is 1.76 bits per heavy atom. The largest absolute Gasteiger partial charge is 0.495 e. The molecule has 1 atom stereocenters. The third-order valence-corrected chi connectivity index (χ3v) is 3.85. The molecule has 0 fully saturated rings. The fourth-order valence-corrected chi connectivity index (χ4v) is 2.42. The van der Waals surface area contributed by atoms with Gasteiger partial charge in [0.1, 0.15) is 11.5 Å². The molecule has 2 aromatic carbocycles. The number of benzene rings is 2. The molecular weight excluding hydrogens is 400 g/mol. The number of esters is 1. The molecule has 0 aliphatic heterocycles. The molecule has 0 heterocycles. The summed E-state index contributed by atoms with van der Waals surface area (Å²) in [5.74, 6) is -0.693. The normalized spacial score (nSPS) is 11.2. The molecule has 0 aliphatic rings. The Labute approximate surface area is 173 Å². The summed E-state index contributed by atoms with van der Waals surface area (Å²) in [7, 11) is 1.44. The van der Waals surface area contributed by atoms with Crippen molar-refractivity contribution in [1.29, 1.82) is 0 Å². The highest BCUT2D eigenvalue weighted by Gasteiger charge is 2.18. The second-order valence-corrected chi connectivity index (χ2v) is 6.40. The molecule has 0 bridgehead atoms. The van der Waals surface area contributed by atoms with Gasteiger partial charge in [0.2, 0.25) is 5.91 Å². The van der Waals surface area contributed by atoms with Gasteiger partial charge in [0.05, 0.1) is 12.8 Å². The molecule has 0 saturated carbocycles. The van der Waals surface area contributed by atoms with Gasteiger partial charge < -0.3 is 24.8 Å². The van der Waals surface area contributed by atoms with E-state index in [2.05, 4.69) is 10.6 Å². The van der Waals surface area contributed by atoms with E-state index < -0.39 is 24.6 Å². The number of anilines is 2. The summed E-state index contributed by atoms with van der Waals surface area (Å²) < 4.78 is 15.6. The molecule has 0 aromatic heterocycles. The van der Waals surface area contributed by atoms with Gasteiger partial charge in [0.15, 0.2) is 12.7 Å². The quantitative estimate of drug-likeness (QED) is 0.635. The molecular formula is C20H21ClN2O6. The van der Waals surface area contributed by atoms with Crippen LogP contribution in [0.5, 0.6) is 11.5 Å². The SMILES string of the molecule is COc1ccc(NC(C)=O)cc1NC(=O)COC(=O)[C@@H](C)Oc1ccc(Cl)cc1. The Kier molecular flexibility index (Phi) is 7.85. The lowest BCUT2D eigenvalue weighted by molar-refractivity contribution is -0.153. The van der Waals surface area contributed by atoms with Gasteiger partial charge in [-0.2, -0.15) is 0 Å². The summed E-state index contributed by atoms with van der Waals surface area (Å²) in [6.45, 7) is 2.37. The first kappa shape index (κ1) is 22.0. The predicted molar refractivity (Wildman–Crippen MR) is 108 cm³/mol. The zero-order valence-electron chi connectivity index (χ0n) is 16.2. The van der Waals surface area contributed by atoms with Crippen LogP contribution >= 0.6 is 11.6 Å². The summed E-state index contributed by atoms with van der Waals surface area (Å²) in [5.41, 5.74) is 0.806. The van der Waals surface area contributed by atoms with Crippen molar-refractivity contribution in [2.75, 3.05) is 24.4 Å². The van der Waals surface area contributed by atoms with Gasteiger partial charge in [0, 0.05) is 17.6 Å². The van der Waals surface area contributed by atoms with Gasteiger partial charge in [-0.15, -0.1) is 0 Å². The van der Waals surface area contributed by atoms with E-state index in [1.807, 2.05) is 0 Å². The topological polar surface area (TPSA) is 103 Å². The molecule has 2 aromatic rings. The number of carbonyl (C=O) groups is 3. The van der Waals surface area contributed by atoms with Gasteiger partial charge in [-0.05, 0) is 49.4 Å². The molecule has 2 amide bonds. The fraction of sp³-hybridized carbons (Fsp3) is 0.250. The minimum absolute atomic E-state index is 0.254. The van der Waals surface area contributed by atoms with Crippen molar-refractivity contribution in [3.05, 3.63) is 47.5 Å². The van der Waals surface area contributed by atoms with Gasteiger partial charge >= 0.3 is 5.97 Å². The van der Waals surface area contributed by atoms with E-state index in [4.69, 9.17) is 25.8 Å². The number of carbonyl (C=O) groups excluding carboxylic acids is 3. The lowest BCUT2D eigenvalue weighted by atomic mass is 10.2. The molecule has 0 radical (unpaired) electrons. The predicted octanol–water partition coefficient (Wildman–Crippen LogP) is 3.26. The van der Waals surface area contributed by atoms with Crippen LogP contribution in [-0.4, -0.2) is 37.6 Å². The number of methoxy groups -OCH3 is 1. The number of hydrogen-bond acceptors (Lipinski definition) is 6. The highest BCUT2D eigenvalue weighted by Crippen LogP contribution is 2.27. The lowest BCUT2D eigenvalue weighted by Crippen LogP contribution is -2.29. The maximum absolute atomic E-state index is 12.2. The summed E-state index contributed by atoms with van der Waals surface area (Å²) in [6.07, 6.45) is -0.915. The number of halogens is 1. The Morgan fingerprint density at radius 1 is 1.07 bits per heavy atom. The number of rotatable bonds is 8. The van der Waals surface area contributed by atoms with Crippen LogP contribution in [0.25, 0.3) is 0 Å². The molecule has 0 spiro atoms. The first-order chi connectivity index (χ1) is 13.8. The first-order valence-electron chi connectivity index (χ1n) is 8.63. The van der Waals surface area contributed by atoms with E-state index >= 15 is 0 Å². The Balaban J connectivity index is 1.90. The molecule has 2 N–H and O–H groups in total. The van der Waals surface area contributed by atoms with Crippen LogP contribution in [-0.2, 0) is 19.1 Å². The van der Waals surface area contributed by atoms with Crippen LogP contribution in [0.4, 0.5) is 11.4 Å². The van der Waals surface area contributed by atoms with Crippen molar-refractivity contribution in [2.45, 2.75) is 20.0 Å².